The summed E-state index contributed by atoms with van der Waals surface area (Å²) in [6.45, 7) is 14.8. The first-order chi connectivity index (χ1) is 65.0. The number of hydrogen-bond donors (Lipinski definition) is 6. The second-order valence-corrected chi connectivity index (χ2v) is 34.8. The van der Waals surface area contributed by atoms with Crippen molar-refractivity contribution in [1.29, 1.82) is 0 Å². The van der Waals surface area contributed by atoms with E-state index in [1.165, 1.54) is 18.7 Å². The van der Waals surface area contributed by atoms with Crippen LogP contribution in [0.3, 0.4) is 0 Å². The maximum absolute atomic E-state index is 13.4. The molecule has 2 atom stereocenters. The minimum Gasteiger partial charge on any atom is -0.457 e. The van der Waals surface area contributed by atoms with Crippen LogP contribution < -0.4 is 42.2 Å². The molecule has 2 unspecified atom stereocenters. The monoisotopic (exact) mass is 1810 g/mol. The number of anilines is 2. The van der Waals surface area contributed by atoms with Crippen molar-refractivity contribution in [3.05, 3.63) is 192 Å². The van der Waals surface area contributed by atoms with Gasteiger partial charge in [0.15, 0.2) is 11.3 Å². The van der Waals surface area contributed by atoms with E-state index in [4.69, 9.17) is 50.1 Å². The Morgan fingerprint density at radius 1 is 0.414 bits per heavy atom. The van der Waals surface area contributed by atoms with Gasteiger partial charge in [-0.2, -0.15) is 10.2 Å². The number of para-hydroxylation sites is 2. The molecule has 0 bridgehead atoms. The Labute approximate surface area is 770 Å². The van der Waals surface area contributed by atoms with E-state index in [0.29, 0.717) is 138 Å². The number of benzene rings is 6. The third-order valence-corrected chi connectivity index (χ3v) is 26.5. The number of hydrogen-bond acceptors (Lipinski definition) is 27. The number of carbonyl (C=O) groups is 9. The number of amides is 9. The first-order valence-electron chi connectivity index (χ1n) is 46.6. The minimum absolute atomic E-state index is 0.0443. The van der Waals surface area contributed by atoms with Crippen molar-refractivity contribution in [3.63, 3.8) is 0 Å². The molecule has 18 rings (SSSR count). The second kappa shape index (κ2) is 43.7. The molecule has 0 spiro atoms. The van der Waals surface area contributed by atoms with Gasteiger partial charge in [0.25, 0.3) is 23.6 Å². The van der Waals surface area contributed by atoms with Gasteiger partial charge < -0.3 is 55.8 Å². The van der Waals surface area contributed by atoms with Crippen LogP contribution in [0.2, 0.25) is 0 Å². The van der Waals surface area contributed by atoms with Gasteiger partial charge >= 0.3 is 0 Å². The normalized spacial score (nSPS) is 20.3. The third-order valence-electron chi connectivity index (χ3n) is 26.5. The van der Waals surface area contributed by atoms with Crippen molar-refractivity contribution in [3.8, 4) is 45.5 Å². The Morgan fingerprint density at radius 3 is 1.26 bits per heavy atom. The van der Waals surface area contributed by atoms with Gasteiger partial charge in [0, 0.05) is 128 Å². The lowest BCUT2D eigenvalue weighted by Crippen LogP contribution is -2.54. The molecule has 9 amide bonds. The van der Waals surface area contributed by atoms with Crippen LogP contribution in [0, 0.1) is 0 Å². The highest BCUT2D eigenvalue weighted by molar-refractivity contribution is 6.25. The summed E-state index contributed by atoms with van der Waals surface area (Å²) in [5.41, 5.74) is 20.1. The summed E-state index contributed by atoms with van der Waals surface area (Å²) in [6.07, 6.45) is 13.6. The van der Waals surface area contributed by atoms with Gasteiger partial charge in [-0.25, -0.2) is 29.3 Å². The highest BCUT2D eigenvalue weighted by Crippen LogP contribution is 2.42. The lowest BCUT2D eigenvalue weighted by Gasteiger charge is -2.42. The number of nitrogens with two attached hydrogens (primary N) is 2. The highest BCUT2D eigenvalue weighted by Gasteiger charge is 2.47. The fraction of sp³-hybridized carbons (Fsp3) is 0.439. The quantitative estimate of drug-likeness (QED) is 0.0158. The molecule has 2 saturated carbocycles. The summed E-state index contributed by atoms with van der Waals surface area (Å²) in [7, 11) is 0. The van der Waals surface area contributed by atoms with E-state index in [9.17, 15) is 43.2 Å². The molecular weight excluding hydrogens is 1700 g/mol. The Balaban J connectivity index is 0.000000186. The topological polar surface area (TPSA) is 416 Å². The minimum atomic E-state index is -1.04. The summed E-state index contributed by atoms with van der Waals surface area (Å²) in [4.78, 5) is 145. The first-order valence-corrected chi connectivity index (χ1v) is 46.6. The standard InChI is InChI=1S/C51H60N10O9.C47H54N10O6/c52-47-45-46(35-9-16-39(17-10-35)70-38-6-2-1-3-7-38)57-61(48(45)55-33-54-47)37-14-12-36(13-15-37)59-24-22-58(23-25-59)26-28-68-30-32-69-31-29-67-27-21-53-42(62)19-11-34-5-4-8-40-44(34)51(66)60(50(40)65)41-18-20-43(63)56-49(41)64;48-43-41-42(32-11-18-36(19-12-32)63-35-7-2-1-3-8-35)53-57(44(41)52-30-51-43)34-16-14-33(15-17-34)55-25-23-54(24-26-55)27-29-62-28-22-49-39(58)20-13-31-6-4-9-37-40(31)47(61)56(46(37)60)38-10-5-21-50-45(38)59/h1-10,16-17,33,36-37,41H,11-15,18-32H2,(H,53,62)(H2,52,54,55)(H,56,63,64);1-4,6-9,11-12,18-19,30,33-34,38H,5,10,13-17,20-29H2,(H,49,58)(H,50,59)(H2,48,51,52). The van der Waals surface area contributed by atoms with Crippen molar-refractivity contribution in [2.75, 3.05) is 149 Å². The van der Waals surface area contributed by atoms with Crippen LogP contribution in [-0.2, 0) is 55.8 Å². The van der Waals surface area contributed by atoms with Gasteiger partial charge in [-0.1, -0.05) is 60.7 Å². The van der Waals surface area contributed by atoms with Crippen LogP contribution in [0.25, 0.3) is 44.6 Å². The number of nitrogen functional groups attached to an aromatic ring is 2. The fourth-order valence-corrected chi connectivity index (χ4v) is 19.4. The molecule has 6 aliphatic heterocycles. The molecule has 6 fully saturated rings. The molecule has 6 aromatic carbocycles. The number of ether oxygens (including phenoxy) is 6. The predicted octanol–water partition coefficient (Wildman–Crippen LogP) is 8.78. The van der Waals surface area contributed by atoms with E-state index in [1.54, 1.807) is 30.3 Å². The summed E-state index contributed by atoms with van der Waals surface area (Å²) in [5, 5.41) is 22.5. The molecule has 4 saturated heterocycles. The number of piperidine rings is 2. The van der Waals surface area contributed by atoms with Crippen LogP contribution >= 0.6 is 0 Å². The lowest BCUT2D eigenvalue weighted by atomic mass is 9.90. The number of fused-ring (bicyclic) bond motifs is 4. The molecule has 8 aliphatic rings. The fourth-order valence-electron chi connectivity index (χ4n) is 19.4. The molecular formula is C98H114N20O15. The SMILES string of the molecule is Nc1ncnc2c1c(-c1ccc(Oc3ccccc3)cc1)nn2C1CCC(N2CCN(CCOCCNC(=O)CCc3cccc4c3C(=O)N(C3CCCNC3=O)C4=O)CC2)CC1.Nc1ncnc2c1c(-c1ccc(Oc3ccccc3)cc1)nn2C1CCC(N2CCN(CCOCCOCCOCCNC(=O)CCc3cccc4c3C(=O)N(C3CCC(=O)NC3=O)C4=O)CC2)CC1. The summed E-state index contributed by atoms with van der Waals surface area (Å²) in [5.74, 6) is 0.0601. The van der Waals surface area contributed by atoms with Crippen LogP contribution in [0.15, 0.2) is 158 Å². The second-order valence-electron chi connectivity index (χ2n) is 34.8. The van der Waals surface area contributed by atoms with Crippen LogP contribution in [0.4, 0.5) is 11.6 Å². The van der Waals surface area contributed by atoms with E-state index < -0.39 is 47.5 Å². The number of nitrogens with one attached hydrogen (secondary N) is 4. The van der Waals surface area contributed by atoms with E-state index in [-0.39, 0.29) is 73.0 Å². The molecule has 696 valence electrons. The maximum atomic E-state index is 13.4. The molecule has 8 N–H and O–H groups in total. The van der Waals surface area contributed by atoms with Gasteiger partial charge in [0.05, 0.1) is 98.0 Å². The Bertz CT molecular complexity index is 5790. The summed E-state index contributed by atoms with van der Waals surface area (Å²) in [6, 6.07) is 44.9. The van der Waals surface area contributed by atoms with Crippen molar-refractivity contribution in [1.82, 2.24) is 90.2 Å². The number of rotatable bonds is 36. The van der Waals surface area contributed by atoms with Gasteiger partial charge in [0.1, 0.15) is 70.8 Å². The van der Waals surface area contributed by atoms with Gasteiger partial charge in [-0.15, -0.1) is 0 Å². The number of carbonyl (C=O) groups excluding carboxylic acids is 9. The molecule has 10 heterocycles. The van der Waals surface area contributed by atoms with E-state index in [0.717, 1.165) is 194 Å². The van der Waals surface area contributed by atoms with E-state index >= 15 is 0 Å². The largest absolute Gasteiger partial charge is 0.457 e. The molecule has 35 nitrogen and oxygen atoms in total. The zero-order chi connectivity index (χ0) is 91.7. The Morgan fingerprint density at radius 2 is 0.820 bits per heavy atom. The molecule has 35 heteroatoms. The number of aromatic nitrogens is 8. The van der Waals surface area contributed by atoms with Gasteiger partial charge in [0.2, 0.25) is 29.5 Å². The molecule has 2 aliphatic carbocycles. The van der Waals surface area contributed by atoms with Crippen molar-refractivity contribution >= 4 is 86.9 Å². The number of piperazine rings is 2. The summed E-state index contributed by atoms with van der Waals surface area (Å²) < 4.78 is 39.2. The van der Waals surface area contributed by atoms with Crippen molar-refractivity contribution in [2.24, 2.45) is 0 Å². The van der Waals surface area contributed by atoms with Crippen LogP contribution in [0.5, 0.6) is 23.0 Å². The van der Waals surface area contributed by atoms with Gasteiger partial charge in [-0.3, -0.25) is 77.9 Å². The first kappa shape index (κ1) is 92.0. The zero-order valence-corrected chi connectivity index (χ0v) is 74.7. The number of aryl methyl sites for hydroxylation is 2. The maximum Gasteiger partial charge on any atom is 0.262 e. The Hall–Kier alpha value is -12.9. The predicted molar refractivity (Wildman–Crippen MR) is 494 cm³/mol. The Kier molecular flexibility index (Phi) is 30.2. The van der Waals surface area contributed by atoms with E-state index in [2.05, 4.69) is 70.2 Å². The van der Waals surface area contributed by atoms with Crippen molar-refractivity contribution < 1.29 is 71.6 Å². The molecule has 133 heavy (non-hydrogen) atoms. The number of nitrogens with zero attached hydrogens (tertiary/aromatic N) is 14. The van der Waals surface area contributed by atoms with Crippen LogP contribution in [-0.4, -0.2) is 284 Å². The number of imide groups is 3. The molecule has 0 radical (unpaired) electrons. The molecule has 10 aromatic rings. The van der Waals surface area contributed by atoms with E-state index in [1.807, 2.05) is 109 Å². The highest BCUT2D eigenvalue weighted by atomic mass is 16.5. The average molecular weight is 1810 g/mol. The van der Waals surface area contributed by atoms with Crippen LogP contribution in [0.1, 0.15) is 155 Å². The van der Waals surface area contributed by atoms with Crippen molar-refractivity contribution in [2.45, 2.75) is 139 Å². The lowest BCUT2D eigenvalue weighted by molar-refractivity contribution is -0.136. The molecule has 4 aromatic heterocycles. The smallest absolute Gasteiger partial charge is 0.262 e. The third kappa shape index (κ3) is 21.9. The average Bonchev–Trinajstić information content (AvgIpc) is 1.63. The van der Waals surface area contributed by atoms with Gasteiger partial charge in [-0.05, 0) is 180 Å². The summed E-state index contributed by atoms with van der Waals surface area (Å²) >= 11 is 0. The zero-order valence-electron chi connectivity index (χ0n) is 74.7.